The maximum Gasteiger partial charge on any atom is 0.338 e. The number of esters is 5. The van der Waals surface area contributed by atoms with Gasteiger partial charge in [-0.15, -0.1) is 0 Å². The summed E-state index contributed by atoms with van der Waals surface area (Å²) in [5, 5.41) is 11.7. The van der Waals surface area contributed by atoms with E-state index in [2.05, 4.69) is 5.32 Å². The van der Waals surface area contributed by atoms with Crippen LogP contribution in [0.2, 0.25) is 0 Å². The molecule has 5 aromatic carbocycles. The SMILES string of the molecule is CCC(CCOC(=O)c1ccc(C(=O)NCc2cccc(CN3C(=O)c4ccccc4C3=O)c2)cc1)OC(=O)c1ccc(C(=O)OCCC(C)(C)OC(=O)c2ccc(C(=O)OCCO)cc2)cc1. The van der Waals surface area contributed by atoms with Gasteiger partial charge in [-0.25, -0.2) is 24.0 Å². The molecule has 0 saturated carbocycles. The molecule has 0 aromatic heterocycles. The summed E-state index contributed by atoms with van der Waals surface area (Å²) in [6.07, 6.45) is 0.257. The highest BCUT2D eigenvalue weighted by atomic mass is 16.6. The van der Waals surface area contributed by atoms with E-state index in [1.807, 2.05) is 19.1 Å². The van der Waals surface area contributed by atoms with Crippen molar-refractivity contribution in [2.45, 2.75) is 64.8 Å². The van der Waals surface area contributed by atoms with Crippen molar-refractivity contribution in [3.05, 3.63) is 177 Å². The first-order valence-corrected chi connectivity index (χ1v) is 21.8. The second-order valence-electron chi connectivity index (χ2n) is 16.2. The smallest absolute Gasteiger partial charge is 0.338 e. The van der Waals surface area contributed by atoms with Crippen LogP contribution in [0, 0.1) is 0 Å². The molecule has 0 fully saturated rings. The molecule has 68 heavy (non-hydrogen) atoms. The van der Waals surface area contributed by atoms with E-state index >= 15 is 0 Å². The Morgan fingerprint density at radius 1 is 0.588 bits per heavy atom. The molecule has 352 valence electrons. The Bertz CT molecular complexity index is 2620. The topological polar surface area (TPSA) is 218 Å². The second-order valence-corrected chi connectivity index (χ2v) is 16.2. The number of benzene rings is 5. The number of aliphatic hydroxyl groups excluding tert-OH is 1. The van der Waals surface area contributed by atoms with Crippen molar-refractivity contribution in [2.75, 3.05) is 26.4 Å². The lowest BCUT2D eigenvalue weighted by Gasteiger charge is -2.25. The Hall–Kier alpha value is -7.98. The Morgan fingerprint density at radius 2 is 1.06 bits per heavy atom. The number of amides is 3. The van der Waals surface area contributed by atoms with Crippen LogP contribution in [-0.2, 0) is 36.8 Å². The molecular formula is C52H50N2O14. The number of imide groups is 1. The van der Waals surface area contributed by atoms with Gasteiger partial charge in [-0.3, -0.25) is 19.3 Å². The molecule has 16 nitrogen and oxygen atoms in total. The van der Waals surface area contributed by atoms with Gasteiger partial charge in [0.15, 0.2) is 0 Å². The fraction of sp³-hybridized carbons (Fsp3) is 0.269. The Balaban J connectivity index is 0.882. The Morgan fingerprint density at radius 3 is 1.59 bits per heavy atom. The van der Waals surface area contributed by atoms with E-state index in [0.29, 0.717) is 23.1 Å². The van der Waals surface area contributed by atoms with Crippen LogP contribution in [0.3, 0.4) is 0 Å². The van der Waals surface area contributed by atoms with Crippen molar-refractivity contribution < 1.29 is 67.1 Å². The summed E-state index contributed by atoms with van der Waals surface area (Å²) in [6.45, 7) is 4.85. The van der Waals surface area contributed by atoms with Crippen molar-refractivity contribution in [1.82, 2.24) is 10.2 Å². The number of ether oxygens (including phenoxy) is 5. The molecule has 0 aliphatic carbocycles. The van der Waals surface area contributed by atoms with Gasteiger partial charge in [0.1, 0.15) is 18.3 Å². The van der Waals surface area contributed by atoms with Gasteiger partial charge in [0.05, 0.1) is 65.3 Å². The predicted molar refractivity (Wildman–Crippen MR) is 244 cm³/mol. The third-order valence-corrected chi connectivity index (χ3v) is 10.8. The number of hydrogen-bond acceptors (Lipinski definition) is 14. The Kier molecular flexibility index (Phi) is 16.7. The standard InChI is InChI=1S/C52H50N2O14/c1-4-41(67-50(62)39-20-16-37(17-21-39)48(60)65-28-25-52(2,3)68-51(63)40-22-18-38(19-23-40)49(61)66-29-26-55)24-27-64-47(59)36-14-12-35(13-15-36)44(56)53-31-33-8-7-9-34(30-33)32-54-45(57)42-10-5-6-11-43(42)46(54)58/h5-23,30,41,55H,4,24-29,31-32H2,1-3H3,(H,53,56). The Labute approximate surface area is 392 Å². The molecule has 3 amide bonds. The van der Waals surface area contributed by atoms with Crippen molar-refractivity contribution in [3.8, 4) is 0 Å². The molecule has 1 atom stereocenters. The predicted octanol–water partition coefficient (Wildman–Crippen LogP) is 6.93. The molecule has 0 bridgehead atoms. The molecule has 0 spiro atoms. The van der Waals surface area contributed by atoms with Gasteiger partial charge in [-0.1, -0.05) is 43.3 Å². The van der Waals surface area contributed by atoms with Gasteiger partial charge >= 0.3 is 29.8 Å². The number of nitrogens with zero attached hydrogens (tertiary/aromatic N) is 1. The number of rotatable bonds is 21. The van der Waals surface area contributed by atoms with Gasteiger partial charge < -0.3 is 34.1 Å². The third kappa shape index (κ3) is 13.1. The number of fused-ring (bicyclic) bond motifs is 1. The van der Waals surface area contributed by atoms with Crippen molar-refractivity contribution >= 4 is 47.6 Å². The normalized spacial score (nSPS) is 12.4. The van der Waals surface area contributed by atoms with Gasteiger partial charge in [0.25, 0.3) is 17.7 Å². The summed E-state index contributed by atoms with van der Waals surface area (Å²) >= 11 is 0. The summed E-state index contributed by atoms with van der Waals surface area (Å²) < 4.78 is 26.9. The van der Waals surface area contributed by atoms with Gasteiger partial charge in [-0.05, 0) is 116 Å². The zero-order chi connectivity index (χ0) is 48.8. The fourth-order valence-electron chi connectivity index (χ4n) is 6.92. The van der Waals surface area contributed by atoms with Gasteiger partial charge in [0.2, 0.25) is 0 Å². The summed E-state index contributed by atoms with van der Waals surface area (Å²) in [5.41, 5.74) is 2.56. The molecule has 1 aliphatic rings. The lowest BCUT2D eigenvalue weighted by atomic mass is 10.1. The van der Waals surface area contributed by atoms with E-state index in [0.717, 1.165) is 11.1 Å². The lowest BCUT2D eigenvalue weighted by Crippen LogP contribution is -2.30. The van der Waals surface area contributed by atoms with Crippen LogP contribution in [0.15, 0.2) is 121 Å². The molecule has 0 radical (unpaired) electrons. The molecular weight excluding hydrogens is 877 g/mol. The highest BCUT2D eigenvalue weighted by molar-refractivity contribution is 6.21. The molecule has 1 aliphatic heterocycles. The monoisotopic (exact) mass is 926 g/mol. The minimum Gasteiger partial charge on any atom is -0.462 e. The zero-order valence-corrected chi connectivity index (χ0v) is 37.7. The van der Waals surface area contributed by atoms with Crippen LogP contribution >= 0.6 is 0 Å². The second kappa shape index (κ2) is 23.0. The summed E-state index contributed by atoms with van der Waals surface area (Å²) in [4.78, 5) is 103. The zero-order valence-electron chi connectivity index (χ0n) is 37.7. The first-order valence-electron chi connectivity index (χ1n) is 21.8. The van der Waals surface area contributed by atoms with Gasteiger partial charge in [0, 0.05) is 24.9 Å². The molecule has 6 rings (SSSR count). The molecule has 2 N–H and O–H groups in total. The maximum atomic E-state index is 12.9. The molecule has 1 heterocycles. The van der Waals surface area contributed by atoms with Crippen LogP contribution in [0.1, 0.15) is 134 Å². The van der Waals surface area contributed by atoms with E-state index in [1.165, 1.54) is 77.7 Å². The molecule has 1 unspecified atom stereocenters. The van der Waals surface area contributed by atoms with Crippen molar-refractivity contribution in [1.29, 1.82) is 0 Å². The van der Waals surface area contributed by atoms with Crippen LogP contribution in [-0.4, -0.2) is 95.7 Å². The molecule has 0 saturated heterocycles. The summed E-state index contributed by atoms with van der Waals surface area (Å²) in [5.74, 6) is -4.26. The van der Waals surface area contributed by atoms with Gasteiger partial charge in [-0.2, -0.15) is 0 Å². The van der Waals surface area contributed by atoms with E-state index in [-0.39, 0.29) is 97.9 Å². The lowest BCUT2D eigenvalue weighted by molar-refractivity contribution is -0.0145. The van der Waals surface area contributed by atoms with Crippen molar-refractivity contribution in [2.24, 2.45) is 0 Å². The minimum absolute atomic E-state index is 0.0441. The van der Waals surface area contributed by atoms with Crippen LogP contribution in [0.4, 0.5) is 0 Å². The van der Waals surface area contributed by atoms with Crippen LogP contribution < -0.4 is 5.32 Å². The van der Waals surface area contributed by atoms with E-state index in [4.69, 9.17) is 28.8 Å². The first kappa shape index (κ1) is 49.5. The highest BCUT2D eigenvalue weighted by Crippen LogP contribution is 2.25. The number of aliphatic hydroxyl groups is 1. The number of carbonyl (C=O) groups is 8. The van der Waals surface area contributed by atoms with Crippen LogP contribution in [0.5, 0.6) is 0 Å². The minimum atomic E-state index is -1.01. The quantitative estimate of drug-likeness (QED) is 0.0434. The van der Waals surface area contributed by atoms with E-state index < -0.39 is 41.6 Å². The van der Waals surface area contributed by atoms with E-state index in [1.54, 1.807) is 50.2 Å². The fourth-order valence-corrected chi connectivity index (χ4v) is 6.92. The highest BCUT2D eigenvalue weighted by Gasteiger charge is 2.35. The molecule has 16 heteroatoms. The molecule has 5 aromatic rings. The average Bonchev–Trinajstić information content (AvgIpc) is 3.58. The third-order valence-electron chi connectivity index (χ3n) is 10.8. The van der Waals surface area contributed by atoms with Crippen molar-refractivity contribution in [3.63, 3.8) is 0 Å². The number of carbonyl (C=O) groups excluding carboxylic acids is 8. The van der Waals surface area contributed by atoms with E-state index in [9.17, 15) is 38.4 Å². The summed E-state index contributed by atoms with van der Waals surface area (Å²) in [7, 11) is 0. The largest absolute Gasteiger partial charge is 0.462 e. The average molecular weight is 927 g/mol. The summed E-state index contributed by atoms with van der Waals surface area (Å²) in [6, 6.07) is 31.2. The number of nitrogens with one attached hydrogen (secondary N) is 1. The maximum absolute atomic E-state index is 12.9. The first-order chi connectivity index (χ1) is 32.7. The van der Waals surface area contributed by atoms with Crippen LogP contribution in [0.25, 0.3) is 0 Å². The number of hydrogen-bond donors (Lipinski definition) is 2.